The Bertz CT molecular complexity index is 712. The van der Waals surface area contributed by atoms with Gasteiger partial charge in [-0.1, -0.05) is 11.8 Å². The van der Waals surface area contributed by atoms with Gasteiger partial charge in [-0.25, -0.2) is 14.3 Å². The van der Waals surface area contributed by atoms with Gasteiger partial charge in [-0.3, -0.25) is 9.36 Å². The van der Waals surface area contributed by atoms with Crippen LogP contribution in [0.25, 0.3) is 0 Å². The zero-order chi connectivity index (χ0) is 15.4. The maximum atomic E-state index is 13.0. The lowest BCUT2D eigenvalue weighted by Crippen LogP contribution is -2.18. The van der Waals surface area contributed by atoms with Crippen molar-refractivity contribution in [3.63, 3.8) is 0 Å². The first-order valence-corrected chi connectivity index (χ1v) is 7.12. The summed E-state index contributed by atoms with van der Waals surface area (Å²) in [6, 6.07) is 3.94. The van der Waals surface area contributed by atoms with E-state index in [1.807, 2.05) is 6.92 Å². The van der Waals surface area contributed by atoms with E-state index < -0.39 is 5.82 Å². The van der Waals surface area contributed by atoms with E-state index in [2.05, 4.69) is 15.5 Å². The van der Waals surface area contributed by atoms with Gasteiger partial charge >= 0.3 is 5.69 Å². The molecule has 9 heteroatoms. The molecule has 1 aromatic heterocycles. The van der Waals surface area contributed by atoms with Gasteiger partial charge in [0.15, 0.2) is 5.16 Å². The highest BCUT2D eigenvalue weighted by Gasteiger charge is 2.10. The molecule has 0 spiro atoms. The third-order valence-electron chi connectivity index (χ3n) is 2.65. The molecule has 0 aliphatic carbocycles. The zero-order valence-electron chi connectivity index (χ0n) is 11.2. The molecule has 0 bridgehead atoms. The number of nitrogens with one attached hydrogen (secondary N) is 2. The minimum absolute atomic E-state index is 0.0347. The summed E-state index contributed by atoms with van der Waals surface area (Å²) in [5.41, 5.74) is 5.48. The minimum atomic E-state index is -0.536. The lowest BCUT2D eigenvalue weighted by Gasteiger charge is -2.06. The molecule has 2 aromatic rings. The number of rotatable bonds is 5. The highest BCUT2D eigenvalue weighted by Crippen LogP contribution is 2.18. The molecular formula is C12H14FN5O2S. The van der Waals surface area contributed by atoms with E-state index in [0.717, 1.165) is 11.8 Å². The number of nitrogen functional groups attached to an aromatic ring is 1. The number of hydrogen-bond donors (Lipinski definition) is 3. The van der Waals surface area contributed by atoms with Crippen molar-refractivity contribution < 1.29 is 9.18 Å². The van der Waals surface area contributed by atoms with Crippen molar-refractivity contribution in [3.05, 3.63) is 34.5 Å². The molecule has 0 aliphatic rings. The maximum Gasteiger partial charge on any atom is 0.343 e. The molecular weight excluding hydrogens is 297 g/mol. The molecule has 0 radical (unpaired) electrons. The van der Waals surface area contributed by atoms with Gasteiger partial charge in [0.2, 0.25) is 5.91 Å². The van der Waals surface area contributed by atoms with E-state index >= 15 is 0 Å². The summed E-state index contributed by atoms with van der Waals surface area (Å²) >= 11 is 1.13. The zero-order valence-corrected chi connectivity index (χ0v) is 12.0. The van der Waals surface area contributed by atoms with Crippen LogP contribution in [0, 0.1) is 5.82 Å². The van der Waals surface area contributed by atoms with E-state index in [0.29, 0.717) is 17.4 Å². The van der Waals surface area contributed by atoms with Crippen molar-refractivity contribution >= 4 is 29.0 Å². The van der Waals surface area contributed by atoms with Gasteiger partial charge < -0.3 is 11.1 Å². The largest absolute Gasteiger partial charge is 0.396 e. The first-order valence-electron chi connectivity index (χ1n) is 6.14. The lowest BCUT2D eigenvalue weighted by atomic mass is 10.2. The van der Waals surface area contributed by atoms with E-state index in [1.165, 1.54) is 22.8 Å². The van der Waals surface area contributed by atoms with Gasteiger partial charge in [0.05, 0.1) is 11.4 Å². The van der Waals surface area contributed by atoms with Gasteiger partial charge in [-0.05, 0) is 25.1 Å². The van der Waals surface area contributed by atoms with Crippen molar-refractivity contribution in [1.29, 1.82) is 0 Å². The first kappa shape index (κ1) is 15.1. The van der Waals surface area contributed by atoms with Gasteiger partial charge in [-0.15, -0.1) is 5.10 Å². The number of nitrogens with zero attached hydrogens (tertiary/aromatic N) is 2. The molecule has 0 saturated heterocycles. The molecule has 1 amide bonds. The number of amides is 1. The number of benzene rings is 1. The number of aromatic amines is 1. The summed E-state index contributed by atoms with van der Waals surface area (Å²) in [4.78, 5) is 23.2. The fourth-order valence-corrected chi connectivity index (χ4v) is 2.45. The van der Waals surface area contributed by atoms with Gasteiger partial charge in [0.1, 0.15) is 5.82 Å². The summed E-state index contributed by atoms with van der Waals surface area (Å²) < 4.78 is 14.4. The quantitative estimate of drug-likeness (QED) is 0.565. The molecule has 2 rings (SSSR count). The average molecular weight is 311 g/mol. The highest BCUT2D eigenvalue weighted by molar-refractivity contribution is 7.99. The van der Waals surface area contributed by atoms with Crippen molar-refractivity contribution in [2.45, 2.75) is 18.6 Å². The fraction of sp³-hybridized carbons (Fsp3) is 0.250. The second-order valence-electron chi connectivity index (χ2n) is 4.13. The van der Waals surface area contributed by atoms with Crippen LogP contribution in [0.4, 0.5) is 15.8 Å². The number of aromatic nitrogens is 3. The van der Waals surface area contributed by atoms with Gasteiger partial charge in [-0.2, -0.15) is 0 Å². The highest BCUT2D eigenvalue weighted by atomic mass is 32.2. The number of anilines is 2. The van der Waals surface area contributed by atoms with Crippen molar-refractivity contribution in [3.8, 4) is 0 Å². The van der Waals surface area contributed by atoms with Crippen molar-refractivity contribution in [1.82, 2.24) is 14.8 Å². The Morgan fingerprint density at radius 1 is 1.57 bits per heavy atom. The number of carbonyl (C=O) groups excluding carboxylic acids is 1. The Hall–Kier alpha value is -2.29. The van der Waals surface area contributed by atoms with Crippen LogP contribution < -0.4 is 16.7 Å². The molecule has 0 atom stereocenters. The van der Waals surface area contributed by atoms with Crippen molar-refractivity contribution in [2.75, 3.05) is 16.8 Å². The summed E-state index contributed by atoms with van der Waals surface area (Å²) in [5.74, 6) is -0.767. The Kier molecular flexibility index (Phi) is 4.63. The third kappa shape index (κ3) is 3.63. The van der Waals surface area contributed by atoms with Gasteiger partial charge in [0.25, 0.3) is 0 Å². The first-order chi connectivity index (χ1) is 10.0. The predicted octanol–water partition coefficient (Wildman–Crippen LogP) is 1.04. The van der Waals surface area contributed by atoms with Crippen LogP contribution in [0.5, 0.6) is 0 Å². The molecule has 21 heavy (non-hydrogen) atoms. The Morgan fingerprint density at radius 2 is 2.33 bits per heavy atom. The lowest BCUT2D eigenvalue weighted by molar-refractivity contribution is -0.113. The van der Waals surface area contributed by atoms with Crippen LogP contribution >= 0.6 is 11.8 Å². The summed E-state index contributed by atoms with van der Waals surface area (Å²) in [5, 5.41) is 9.19. The Balaban J connectivity index is 1.95. The molecule has 0 fully saturated rings. The predicted molar refractivity (Wildman–Crippen MR) is 78.7 cm³/mol. The standard InChI is InChI=1S/C12H14FN5O2S/c1-2-18-11(20)16-17-12(18)21-6-10(19)15-7-3-4-8(13)9(14)5-7/h3-5H,2,6,14H2,1H3,(H,15,19)(H,16,20). The molecule has 0 aliphatic heterocycles. The SMILES string of the molecule is CCn1c(SCC(=O)Nc2ccc(F)c(N)c2)n[nH]c1=O. The topological polar surface area (TPSA) is 106 Å². The maximum absolute atomic E-state index is 13.0. The second-order valence-corrected chi connectivity index (χ2v) is 5.07. The van der Waals surface area contributed by atoms with Crippen molar-refractivity contribution in [2.24, 2.45) is 0 Å². The number of thioether (sulfide) groups is 1. The van der Waals surface area contributed by atoms with E-state index in [4.69, 9.17) is 5.73 Å². The summed E-state index contributed by atoms with van der Waals surface area (Å²) in [6.45, 7) is 2.27. The molecule has 4 N–H and O–H groups in total. The summed E-state index contributed by atoms with van der Waals surface area (Å²) in [7, 11) is 0. The van der Waals surface area contributed by atoms with Gasteiger partial charge in [0, 0.05) is 12.2 Å². The number of halogens is 1. The third-order valence-corrected chi connectivity index (χ3v) is 3.63. The average Bonchev–Trinajstić information content (AvgIpc) is 2.81. The number of nitrogens with two attached hydrogens (primary N) is 1. The van der Waals surface area contributed by atoms with Crippen LogP contribution in [0.1, 0.15) is 6.92 Å². The van der Waals surface area contributed by atoms with E-state index in [1.54, 1.807) is 0 Å². The molecule has 1 heterocycles. The molecule has 1 aromatic carbocycles. The normalized spacial score (nSPS) is 10.6. The Morgan fingerprint density at radius 3 is 3.00 bits per heavy atom. The molecule has 0 unspecified atom stereocenters. The molecule has 112 valence electrons. The van der Waals surface area contributed by atoms with Crippen LogP contribution in [0.15, 0.2) is 28.2 Å². The van der Waals surface area contributed by atoms with Crippen LogP contribution in [-0.2, 0) is 11.3 Å². The molecule has 0 saturated carbocycles. The van der Waals surface area contributed by atoms with E-state index in [9.17, 15) is 14.0 Å². The van der Waals surface area contributed by atoms with Crippen LogP contribution in [0.2, 0.25) is 0 Å². The van der Waals surface area contributed by atoms with E-state index in [-0.39, 0.29) is 23.0 Å². The van der Waals surface area contributed by atoms with Crippen LogP contribution in [-0.4, -0.2) is 26.4 Å². The fourth-order valence-electron chi connectivity index (χ4n) is 1.64. The monoisotopic (exact) mass is 311 g/mol. The Labute approximate surface area is 123 Å². The van der Waals surface area contributed by atoms with Crippen LogP contribution in [0.3, 0.4) is 0 Å². The number of carbonyl (C=O) groups is 1. The second kappa shape index (κ2) is 6.44. The minimum Gasteiger partial charge on any atom is -0.396 e. The molecule has 7 nitrogen and oxygen atoms in total. The number of H-pyrrole nitrogens is 1. The summed E-state index contributed by atoms with van der Waals surface area (Å²) in [6.07, 6.45) is 0. The smallest absolute Gasteiger partial charge is 0.343 e. The number of hydrogen-bond acceptors (Lipinski definition) is 5.